The molecule has 4 aliphatic rings. The zero-order valence-corrected chi connectivity index (χ0v) is 17.4. The topological polar surface area (TPSA) is 108 Å². The summed E-state index contributed by atoms with van der Waals surface area (Å²) < 4.78 is 0.883. The molecule has 2 aromatic rings. The van der Waals surface area contributed by atoms with Gasteiger partial charge in [0.15, 0.2) is 0 Å². The minimum Gasteiger partial charge on any atom is -0.326 e. The molecular formula is C24H26N4O3. The summed E-state index contributed by atoms with van der Waals surface area (Å²) in [6.07, 6.45) is 9.20. The van der Waals surface area contributed by atoms with Crippen LogP contribution < -0.4 is 16.6 Å². The maximum atomic E-state index is 12.4. The molecule has 1 aromatic heterocycles. The number of benzene rings is 1. The van der Waals surface area contributed by atoms with Crippen LogP contribution in [0, 0.1) is 29.1 Å². The molecule has 1 amide bonds. The highest BCUT2D eigenvalue weighted by Crippen LogP contribution is 2.60. The Bertz CT molecular complexity index is 1130. The molecule has 0 unspecified atom stereocenters. The van der Waals surface area contributed by atoms with Crippen LogP contribution in [0.3, 0.4) is 0 Å². The van der Waals surface area contributed by atoms with E-state index < -0.39 is 11.2 Å². The summed E-state index contributed by atoms with van der Waals surface area (Å²) in [5, 5.41) is 11.8. The van der Waals surface area contributed by atoms with E-state index in [-0.39, 0.29) is 24.4 Å². The van der Waals surface area contributed by atoms with Gasteiger partial charge in [-0.25, -0.2) is 4.79 Å². The molecule has 1 heterocycles. The first kappa shape index (κ1) is 19.8. The number of aromatic amines is 1. The zero-order valence-electron chi connectivity index (χ0n) is 17.4. The highest BCUT2D eigenvalue weighted by atomic mass is 16.2. The van der Waals surface area contributed by atoms with Crippen LogP contribution in [-0.2, 0) is 16.8 Å². The van der Waals surface area contributed by atoms with Gasteiger partial charge in [-0.1, -0.05) is 12.1 Å². The fraction of sp³-hybridized carbons (Fsp3) is 0.500. The van der Waals surface area contributed by atoms with Gasteiger partial charge in [-0.05, 0) is 79.4 Å². The number of carbonyl (C=O) groups excluding carboxylic acids is 1. The summed E-state index contributed by atoms with van der Waals surface area (Å²) in [7, 11) is 0. The van der Waals surface area contributed by atoms with Crippen molar-refractivity contribution < 1.29 is 4.79 Å². The van der Waals surface area contributed by atoms with Crippen molar-refractivity contribution in [3.8, 4) is 6.07 Å². The van der Waals surface area contributed by atoms with Crippen molar-refractivity contribution in [1.29, 1.82) is 5.26 Å². The minimum atomic E-state index is -0.682. The fourth-order valence-corrected chi connectivity index (χ4v) is 6.60. The van der Waals surface area contributed by atoms with Crippen LogP contribution in [0.2, 0.25) is 0 Å². The zero-order chi connectivity index (χ0) is 21.6. The van der Waals surface area contributed by atoms with Gasteiger partial charge in [-0.2, -0.15) is 5.26 Å². The standard InChI is InChI=1S/C24H26N4O3/c25-13-18-14-26-23(31)28(22(18)30)6-5-21(29)27-20-3-1-19(2-4-20)24-10-15-7-16(11-24)9-17(8-15)12-24/h1-4,14-17H,5-12H2,(H,26,31)(H,27,29). The third kappa shape index (κ3) is 3.60. The van der Waals surface area contributed by atoms with Crippen LogP contribution >= 0.6 is 0 Å². The van der Waals surface area contributed by atoms with Gasteiger partial charge in [0.25, 0.3) is 5.56 Å². The highest BCUT2D eigenvalue weighted by Gasteiger charge is 2.51. The van der Waals surface area contributed by atoms with Crippen LogP contribution in [0.1, 0.15) is 56.1 Å². The van der Waals surface area contributed by atoms with Gasteiger partial charge in [0.1, 0.15) is 11.6 Å². The number of carbonyl (C=O) groups is 1. The lowest BCUT2D eigenvalue weighted by atomic mass is 9.48. The van der Waals surface area contributed by atoms with Crippen molar-refractivity contribution in [2.24, 2.45) is 17.8 Å². The van der Waals surface area contributed by atoms with E-state index in [1.807, 2.05) is 12.1 Å². The Kier molecular flexibility index (Phi) is 4.81. The second-order valence-corrected chi connectivity index (χ2v) is 9.65. The second-order valence-electron chi connectivity index (χ2n) is 9.65. The number of H-pyrrole nitrogens is 1. The van der Waals surface area contributed by atoms with E-state index in [0.717, 1.165) is 28.5 Å². The SMILES string of the molecule is N#Cc1c[nH]c(=O)n(CCC(=O)Nc2ccc(C34CC5CC(CC(C5)C3)C4)cc2)c1=O. The smallest absolute Gasteiger partial charge is 0.326 e. The first-order chi connectivity index (χ1) is 15.0. The monoisotopic (exact) mass is 418 g/mol. The number of hydrogen-bond acceptors (Lipinski definition) is 4. The average Bonchev–Trinajstić information content (AvgIpc) is 2.73. The van der Waals surface area contributed by atoms with E-state index in [9.17, 15) is 14.4 Å². The average molecular weight is 418 g/mol. The maximum Gasteiger partial charge on any atom is 0.328 e. The number of aromatic nitrogens is 2. The predicted octanol–water partition coefficient (Wildman–Crippen LogP) is 2.90. The number of hydrogen-bond donors (Lipinski definition) is 2. The molecule has 7 nitrogen and oxygen atoms in total. The number of nitrogens with zero attached hydrogens (tertiary/aromatic N) is 2. The Morgan fingerprint density at radius 1 is 1.10 bits per heavy atom. The van der Waals surface area contributed by atoms with E-state index in [4.69, 9.17) is 5.26 Å². The van der Waals surface area contributed by atoms with Gasteiger partial charge >= 0.3 is 5.69 Å². The molecule has 31 heavy (non-hydrogen) atoms. The Balaban J connectivity index is 1.24. The van der Waals surface area contributed by atoms with Crippen molar-refractivity contribution >= 4 is 11.6 Å². The lowest BCUT2D eigenvalue weighted by molar-refractivity contribution is -0.116. The predicted molar refractivity (Wildman–Crippen MR) is 116 cm³/mol. The van der Waals surface area contributed by atoms with Crippen molar-refractivity contribution in [2.45, 2.75) is 56.9 Å². The molecule has 4 fully saturated rings. The van der Waals surface area contributed by atoms with Gasteiger partial charge in [-0.3, -0.25) is 14.2 Å². The first-order valence-corrected chi connectivity index (χ1v) is 11.1. The van der Waals surface area contributed by atoms with Gasteiger partial charge in [0.2, 0.25) is 5.91 Å². The van der Waals surface area contributed by atoms with E-state index in [1.165, 1.54) is 44.1 Å². The van der Waals surface area contributed by atoms with Crippen molar-refractivity contribution in [1.82, 2.24) is 9.55 Å². The lowest BCUT2D eigenvalue weighted by Gasteiger charge is -2.57. The molecule has 0 atom stereocenters. The Hall–Kier alpha value is -3.14. The lowest BCUT2D eigenvalue weighted by Crippen LogP contribution is -2.48. The Morgan fingerprint density at radius 3 is 2.29 bits per heavy atom. The minimum absolute atomic E-state index is 0.0331. The number of amides is 1. The van der Waals surface area contributed by atoms with Crippen LogP contribution in [0.25, 0.3) is 0 Å². The summed E-state index contributed by atoms with van der Waals surface area (Å²) in [5.41, 5.74) is 0.975. The molecule has 4 bridgehead atoms. The number of anilines is 1. The van der Waals surface area contributed by atoms with E-state index in [0.29, 0.717) is 11.1 Å². The summed E-state index contributed by atoms with van der Waals surface area (Å²) in [6.45, 7) is -0.0825. The van der Waals surface area contributed by atoms with E-state index >= 15 is 0 Å². The Morgan fingerprint density at radius 2 is 1.71 bits per heavy atom. The van der Waals surface area contributed by atoms with Crippen LogP contribution in [0.15, 0.2) is 40.1 Å². The molecule has 1 aromatic carbocycles. The van der Waals surface area contributed by atoms with E-state index in [1.54, 1.807) is 6.07 Å². The fourth-order valence-electron chi connectivity index (χ4n) is 6.60. The summed E-state index contributed by atoms with van der Waals surface area (Å²) >= 11 is 0. The number of rotatable bonds is 5. The normalized spacial score (nSPS) is 28.3. The van der Waals surface area contributed by atoms with Crippen molar-refractivity contribution in [3.05, 3.63) is 62.4 Å². The summed E-state index contributed by atoms with van der Waals surface area (Å²) in [6, 6.07) is 9.98. The number of nitrogens with one attached hydrogen (secondary N) is 2. The molecule has 160 valence electrons. The van der Waals surface area contributed by atoms with Crippen LogP contribution in [-0.4, -0.2) is 15.5 Å². The van der Waals surface area contributed by atoms with Gasteiger partial charge in [0, 0.05) is 24.8 Å². The van der Waals surface area contributed by atoms with Gasteiger partial charge in [0.05, 0.1) is 0 Å². The molecule has 4 saturated carbocycles. The third-order valence-electron chi connectivity index (χ3n) is 7.56. The Labute approximate surface area is 180 Å². The maximum absolute atomic E-state index is 12.4. The quantitative estimate of drug-likeness (QED) is 0.778. The van der Waals surface area contributed by atoms with Gasteiger partial charge < -0.3 is 10.3 Å². The molecule has 0 aliphatic heterocycles. The largest absolute Gasteiger partial charge is 0.328 e. The first-order valence-electron chi connectivity index (χ1n) is 11.1. The molecule has 2 N–H and O–H groups in total. The van der Waals surface area contributed by atoms with Crippen molar-refractivity contribution in [3.63, 3.8) is 0 Å². The molecule has 0 saturated heterocycles. The third-order valence-corrected chi connectivity index (χ3v) is 7.56. The van der Waals surface area contributed by atoms with E-state index in [2.05, 4.69) is 22.4 Å². The van der Waals surface area contributed by atoms with Crippen molar-refractivity contribution in [2.75, 3.05) is 5.32 Å². The molecular weight excluding hydrogens is 392 g/mol. The number of nitriles is 1. The second kappa shape index (κ2) is 7.52. The molecule has 7 heteroatoms. The van der Waals surface area contributed by atoms with Crippen LogP contribution in [0.5, 0.6) is 0 Å². The van der Waals surface area contributed by atoms with Gasteiger partial charge in [-0.15, -0.1) is 0 Å². The molecule has 4 aliphatic carbocycles. The highest BCUT2D eigenvalue weighted by molar-refractivity contribution is 5.90. The summed E-state index contributed by atoms with van der Waals surface area (Å²) in [4.78, 5) is 38.6. The molecule has 0 spiro atoms. The summed E-state index contributed by atoms with van der Waals surface area (Å²) in [5.74, 6) is 2.38. The molecule has 0 radical (unpaired) electrons. The molecule has 6 rings (SSSR count). The van der Waals surface area contributed by atoms with Crippen LogP contribution in [0.4, 0.5) is 5.69 Å².